The first-order chi connectivity index (χ1) is 13.5. The van der Waals surface area contributed by atoms with Gasteiger partial charge in [0.25, 0.3) is 0 Å². The van der Waals surface area contributed by atoms with Gasteiger partial charge < -0.3 is 11.8 Å². The predicted molar refractivity (Wildman–Crippen MR) is 118 cm³/mol. The Morgan fingerprint density at radius 3 is 1.87 bits per heavy atom. The maximum Gasteiger partial charge on any atom is 1.00 e. The largest absolute Gasteiger partial charge is 1.00 e. The van der Waals surface area contributed by atoms with Gasteiger partial charge in [-0.2, -0.15) is 0 Å². The number of halogens is 2. The number of rotatable bonds is 2. The minimum atomic E-state index is -0.185. The van der Waals surface area contributed by atoms with Gasteiger partial charge in [-0.3, -0.25) is 4.99 Å². The van der Waals surface area contributed by atoms with Gasteiger partial charge in [0.2, 0.25) is 0 Å². The van der Waals surface area contributed by atoms with Gasteiger partial charge in [-0.1, -0.05) is 24.3 Å². The summed E-state index contributed by atoms with van der Waals surface area (Å²) in [4.78, 5) is 4.48. The van der Waals surface area contributed by atoms with Gasteiger partial charge in [0.15, 0.2) is 0 Å². The summed E-state index contributed by atoms with van der Waals surface area (Å²) in [7, 11) is 1.00. The van der Waals surface area contributed by atoms with Crippen LogP contribution >= 0.6 is 0 Å². The summed E-state index contributed by atoms with van der Waals surface area (Å²) in [5.74, 6) is -0.342. The minimum Gasteiger partial charge on any atom is -1.00 e. The van der Waals surface area contributed by atoms with E-state index in [9.17, 15) is 8.78 Å². The standard InChI is InChI=1S/C11H14FN.C11H12FN.CH4O.B.Na.H/c2*1-8-2-7-11(13-8)9-3-5-10(12)6-4-9;1-2;;;/h3-6,8,11,13H,2,7H2,1H3;3-6,8H,2,7H2,1H3;2H,1H3;;;/q;;;;+1;-1. The van der Waals surface area contributed by atoms with E-state index in [-0.39, 0.29) is 51.0 Å². The van der Waals surface area contributed by atoms with Crippen LogP contribution in [0.1, 0.15) is 58.1 Å². The fourth-order valence-corrected chi connectivity index (χ4v) is 3.49. The van der Waals surface area contributed by atoms with Crippen molar-refractivity contribution in [3.63, 3.8) is 0 Å². The molecule has 0 saturated carbocycles. The quantitative estimate of drug-likeness (QED) is 0.724. The second-order valence-electron chi connectivity index (χ2n) is 7.22. The molecule has 2 N–H and O–H groups in total. The van der Waals surface area contributed by atoms with Crippen molar-refractivity contribution in [1.29, 1.82) is 0 Å². The van der Waals surface area contributed by atoms with E-state index in [1.54, 1.807) is 12.1 Å². The van der Waals surface area contributed by atoms with Gasteiger partial charge >= 0.3 is 29.6 Å². The second-order valence-corrected chi connectivity index (χ2v) is 7.22. The molecule has 2 aromatic rings. The van der Waals surface area contributed by atoms with E-state index in [1.165, 1.54) is 36.2 Å². The van der Waals surface area contributed by atoms with Gasteiger partial charge in [-0.25, -0.2) is 8.78 Å². The molecule has 2 heterocycles. The summed E-state index contributed by atoms with van der Waals surface area (Å²) in [6.45, 7) is 4.29. The van der Waals surface area contributed by atoms with Crippen molar-refractivity contribution >= 4 is 14.1 Å². The molecule has 2 aliphatic rings. The summed E-state index contributed by atoms with van der Waals surface area (Å²) in [5.41, 5.74) is 3.38. The molecule has 3 nitrogen and oxygen atoms in total. The van der Waals surface area contributed by atoms with Crippen molar-refractivity contribution < 1.29 is 44.9 Å². The molecule has 30 heavy (non-hydrogen) atoms. The van der Waals surface area contributed by atoms with Gasteiger partial charge in [0.05, 0.1) is 0 Å². The predicted octanol–water partition coefficient (Wildman–Crippen LogP) is 1.78. The molecule has 0 amide bonds. The molecule has 3 atom stereocenters. The molecule has 0 bridgehead atoms. The first-order valence-corrected chi connectivity index (χ1v) is 9.80. The fourth-order valence-electron chi connectivity index (χ4n) is 3.49. The summed E-state index contributed by atoms with van der Waals surface area (Å²) in [6.07, 6.45) is 4.51. The van der Waals surface area contributed by atoms with E-state index in [4.69, 9.17) is 5.11 Å². The van der Waals surface area contributed by atoms with Crippen LogP contribution in [0.5, 0.6) is 0 Å². The van der Waals surface area contributed by atoms with Crippen LogP contribution in [-0.4, -0.2) is 38.4 Å². The van der Waals surface area contributed by atoms with Crippen LogP contribution in [-0.2, 0) is 0 Å². The first-order valence-electron chi connectivity index (χ1n) is 9.80. The Morgan fingerprint density at radius 2 is 1.43 bits per heavy atom. The summed E-state index contributed by atoms with van der Waals surface area (Å²) >= 11 is 0. The Labute approximate surface area is 204 Å². The molecule has 0 aromatic heterocycles. The Morgan fingerprint density at radius 1 is 0.900 bits per heavy atom. The van der Waals surface area contributed by atoms with Crippen molar-refractivity contribution in [2.24, 2.45) is 4.99 Å². The molecule has 0 aliphatic carbocycles. The molecule has 0 spiro atoms. The van der Waals surface area contributed by atoms with Crippen LogP contribution in [0, 0.1) is 11.6 Å². The van der Waals surface area contributed by atoms with Gasteiger partial charge in [-0.15, -0.1) is 0 Å². The fraction of sp³-hybridized carbons (Fsp3) is 0.435. The molecule has 3 radical (unpaired) electrons. The third kappa shape index (κ3) is 8.99. The van der Waals surface area contributed by atoms with Gasteiger partial charge in [0.1, 0.15) is 11.6 Å². The Balaban J connectivity index is 0. The smallest absolute Gasteiger partial charge is 1.00 e. The van der Waals surface area contributed by atoms with Crippen LogP contribution in [0.15, 0.2) is 53.5 Å². The van der Waals surface area contributed by atoms with E-state index < -0.39 is 0 Å². The molecule has 7 heteroatoms. The molecule has 1 saturated heterocycles. The Hall–Kier alpha value is -1.05. The average molecular weight is 423 g/mol. The molecule has 157 valence electrons. The zero-order valence-corrected chi connectivity index (χ0v) is 20.4. The number of hydrogen-bond donors (Lipinski definition) is 2. The molecule has 2 aliphatic heterocycles. The number of aliphatic hydroxyl groups excluding tert-OH is 1. The third-order valence-electron chi connectivity index (χ3n) is 5.00. The number of aliphatic imine (C=N–C) groups is 1. The Bertz CT molecular complexity index is 763. The zero-order valence-electron chi connectivity index (χ0n) is 19.4. The van der Waals surface area contributed by atoms with Crippen molar-refractivity contribution in [2.45, 2.75) is 57.7 Å². The van der Waals surface area contributed by atoms with Crippen molar-refractivity contribution in [3.05, 3.63) is 71.3 Å². The molecule has 2 aromatic carbocycles. The molecular formula is C23H31BF2N2NaO. The van der Waals surface area contributed by atoms with Crippen LogP contribution in [0.2, 0.25) is 0 Å². The van der Waals surface area contributed by atoms with Crippen molar-refractivity contribution in [1.82, 2.24) is 5.32 Å². The second kappa shape index (κ2) is 14.9. The SMILES string of the molecule is CC1CCC(c2ccc(F)cc2)=N1.CC1CCC(c2ccc(F)cc2)N1.CO.[B].[H-].[Na+]. The molecule has 3 unspecified atom stereocenters. The summed E-state index contributed by atoms with van der Waals surface area (Å²) in [5, 5.41) is 10.5. The molecule has 4 rings (SSSR count). The topological polar surface area (TPSA) is 44.6 Å². The number of nitrogens with zero attached hydrogens (tertiary/aromatic N) is 1. The summed E-state index contributed by atoms with van der Waals surface area (Å²) < 4.78 is 25.2. The Kier molecular flexibility index (Phi) is 14.4. The number of hydrogen-bond acceptors (Lipinski definition) is 3. The van der Waals surface area contributed by atoms with E-state index in [2.05, 4.69) is 24.2 Å². The minimum absolute atomic E-state index is 0. The van der Waals surface area contributed by atoms with Crippen LogP contribution in [0.25, 0.3) is 0 Å². The van der Waals surface area contributed by atoms with E-state index in [0.29, 0.717) is 18.1 Å². The van der Waals surface area contributed by atoms with Crippen LogP contribution in [0.3, 0.4) is 0 Å². The average Bonchev–Trinajstić information content (AvgIpc) is 3.34. The van der Waals surface area contributed by atoms with E-state index >= 15 is 0 Å². The zero-order chi connectivity index (χ0) is 20.5. The first kappa shape index (κ1) is 29.0. The third-order valence-corrected chi connectivity index (χ3v) is 5.00. The van der Waals surface area contributed by atoms with Gasteiger partial charge in [0, 0.05) is 39.4 Å². The maximum absolute atomic E-state index is 12.6. The number of nitrogens with one attached hydrogen (secondary N) is 1. The van der Waals surface area contributed by atoms with Crippen LogP contribution in [0.4, 0.5) is 8.78 Å². The van der Waals surface area contributed by atoms with Crippen molar-refractivity contribution in [2.75, 3.05) is 7.11 Å². The normalized spacial score (nSPS) is 21.7. The van der Waals surface area contributed by atoms with E-state index in [0.717, 1.165) is 37.6 Å². The van der Waals surface area contributed by atoms with Gasteiger partial charge in [-0.05, 0) is 74.9 Å². The van der Waals surface area contributed by atoms with Crippen molar-refractivity contribution in [3.8, 4) is 0 Å². The molecule has 1 fully saturated rings. The monoisotopic (exact) mass is 423 g/mol. The van der Waals surface area contributed by atoms with Crippen LogP contribution < -0.4 is 34.9 Å². The summed E-state index contributed by atoms with van der Waals surface area (Å²) in [6, 6.07) is 14.8. The maximum atomic E-state index is 12.6. The van der Waals surface area contributed by atoms with E-state index in [1.807, 2.05) is 12.1 Å². The number of benzene rings is 2. The number of aliphatic hydroxyl groups is 1. The molecular weight excluding hydrogens is 392 g/mol.